The second-order valence-corrected chi connectivity index (χ2v) is 6.10. The molecule has 3 aromatic rings. The van der Waals surface area contributed by atoms with Crippen molar-refractivity contribution in [3.8, 4) is 0 Å². The number of pyridine rings is 1. The molecule has 1 aromatic carbocycles. The highest BCUT2D eigenvalue weighted by molar-refractivity contribution is 5.94. The quantitative estimate of drug-likeness (QED) is 0.651. The van der Waals surface area contributed by atoms with Gasteiger partial charge in [-0.15, -0.1) is 5.10 Å². The molecule has 4 rings (SSSR count). The Morgan fingerprint density at radius 3 is 2.85 bits per heavy atom. The van der Waals surface area contributed by atoms with Gasteiger partial charge in [0.1, 0.15) is 5.82 Å². The van der Waals surface area contributed by atoms with Crippen LogP contribution in [0, 0.1) is 0 Å². The maximum Gasteiger partial charge on any atom is 0.251 e. The highest BCUT2D eigenvalue weighted by Gasteiger charge is 2.17. The molecular formula is C18H22N6O2. The Labute approximate surface area is 152 Å². The molecule has 1 aliphatic rings. The summed E-state index contributed by atoms with van der Waals surface area (Å²) in [5.41, 5.74) is 2.16. The van der Waals surface area contributed by atoms with Gasteiger partial charge in [-0.05, 0) is 42.8 Å². The van der Waals surface area contributed by atoms with Crippen molar-refractivity contribution in [2.45, 2.75) is 12.5 Å². The first-order valence-electron chi connectivity index (χ1n) is 8.52. The molecule has 136 valence electrons. The second kappa shape index (κ2) is 7.01. The molecule has 1 saturated heterocycles. The first-order valence-corrected chi connectivity index (χ1v) is 8.52. The fourth-order valence-corrected chi connectivity index (χ4v) is 2.90. The van der Waals surface area contributed by atoms with Gasteiger partial charge in [0.15, 0.2) is 5.65 Å². The zero-order chi connectivity index (χ0) is 17.9. The summed E-state index contributed by atoms with van der Waals surface area (Å²) in [4.78, 5) is 16.1. The molecule has 0 saturated carbocycles. The van der Waals surface area contributed by atoms with Crippen LogP contribution in [0.1, 0.15) is 18.2 Å². The van der Waals surface area contributed by atoms with E-state index in [4.69, 9.17) is 4.74 Å². The molecule has 26 heavy (non-hydrogen) atoms. The van der Waals surface area contributed by atoms with Crippen LogP contribution in [0.25, 0.3) is 5.65 Å². The number of hydrogen-bond donors (Lipinski definition) is 3. The predicted octanol–water partition coefficient (Wildman–Crippen LogP) is 2.28. The van der Waals surface area contributed by atoms with E-state index in [0.29, 0.717) is 24.2 Å². The molecule has 0 aliphatic carbocycles. The Kier molecular flexibility index (Phi) is 4.40. The monoisotopic (exact) mass is 354 g/mol. The number of aromatic nitrogens is 3. The fourth-order valence-electron chi connectivity index (χ4n) is 2.90. The summed E-state index contributed by atoms with van der Waals surface area (Å²) >= 11 is 0. The summed E-state index contributed by atoms with van der Waals surface area (Å²) in [6.07, 6.45) is 0.980. The average molecular weight is 354 g/mol. The lowest BCUT2D eigenvalue weighted by Gasteiger charge is -2.12. The van der Waals surface area contributed by atoms with Gasteiger partial charge >= 0.3 is 0 Å². The van der Waals surface area contributed by atoms with Crippen molar-refractivity contribution in [2.24, 2.45) is 0 Å². The molecule has 0 radical (unpaired) electrons. The molecule has 3 N–H and O–H groups in total. The van der Waals surface area contributed by atoms with Crippen molar-refractivity contribution in [3.63, 3.8) is 0 Å². The number of benzene rings is 1. The average Bonchev–Trinajstić information content (AvgIpc) is 3.31. The van der Waals surface area contributed by atoms with E-state index in [-0.39, 0.29) is 7.33 Å². The third-order valence-electron chi connectivity index (χ3n) is 4.27. The predicted molar refractivity (Wildman–Crippen MR) is 101 cm³/mol. The third-order valence-corrected chi connectivity index (χ3v) is 4.27. The van der Waals surface area contributed by atoms with Gasteiger partial charge in [0.25, 0.3) is 5.91 Å². The summed E-state index contributed by atoms with van der Waals surface area (Å²) in [6, 6.07) is 13.3. The van der Waals surface area contributed by atoms with E-state index in [2.05, 4.69) is 26.0 Å². The molecule has 0 spiro atoms. The van der Waals surface area contributed by atoms with Crippen molar-refractivity contribution in [1.29, 1.82) is 0 Å². The van der Waals surface area contributed by atoms with Gasteiger partial charge in [0.05, 0.1) is 12.6 Å². The molecule has 0 bridgehead atoms. The van der Waals surface area contributed by atoms with Gasteiger partial charge in [-0.3, -0.25) is 4.79 Å². The summed E-state index contributed by atoms with van der Waals surface area (Å²) < 4.78 is 7.19. The third kappa shape index (κ3) is 3.31. The number of hydrogen-bond acceptors (Lipinski definition) is 6. The Hall–Kier alpha value is -3.13. The van der Waals surface area contributed by atoms with Crippen LogP contribution < -0.4 is 16.0 Å². The lowest BCUT2D eigenvalue weighted by Crippen LogP contribution is -2.20. The van der Waals surface area contributed by atoms with Crippen molar-refractivity contribution in [1.82, 2.24) is 19.9 Å². The highest BCUT2D eigenvalue weighted by atomic mass is 16.5. The summed E-state index contributed by atoms with van der Waals surface area (Å²) in [5, 5.41) is 13.8. The Morgan fingerprint density at radius 1 is 1.27 bits per heavy atom. The van der Waals surface area contributed by atoms with E-state index in [9.17, 15) is 4.79 Å². The first kappa shape index (κ1) is 16.3. The van der Waals surface area contributed by atoms with E-state index in [1.165, 1.54) is 0 Å². The van der Waals surface area contributed by atoms with Crippen LogP contribution in [-0.4, -0.2) is 46.8 Å². The summed E-state index contributed by atoms with van der Waals surface area (Å²) in [5.74, 6) is 1.26. The normalized spacial score (nSPS) is 16.6. The van der Waals surface area contributed by atoms with Crippen LogP contribution in [0.2, 0.25) is 0 Å². The van der Waals surface area contributed by atoms with Crippen LogP contribution in [0.15, 0.2) is 42.5 Å². The van der Waals surface area contributed by atoms with Crippen molar-refractivity contribution >= 4 is 29.0 Å². The number of fused-ring (bicyclic) bond motifs is 1. The van der Waals surface area contributed by atoms with E-state index in [1.807, 2.05) is 30.3 Å². The van der Waals surface area contributed by atoms with Gasteiger partial charge < -0.3 is 20.7 Å². The molecule has 1 atom stereocenters. The molecule has 1 amide bonds. The minimum Gasteiger partial charge on any atom is -0.379 e. The molecule has 8 heteroatoms. The van der Waals surface area contributed by atoms with E-state index < -0.39 is 0 Å². The first-order chi connectivity index (χ1) is 12.7. The van der Waals surface area contributed by atoms with Crippen LogP contribution in [0.5, 0.6) is 0 Å². The van der Waals surface area contributed by atoms with Gasteiger partial charge in [0, 0.05) is 26.3 Å². The molecule has 2 aromatic heterocycles. The molecule has 1 unspecified atom stereocenters. The Balaban J connectivity index is 0.00000210. The smallest absolute Gasteiger partial charge is 0.251 e. The number of amides is 1. The van der Waals surface area contributed by atoms with Gasteiger partial charge in [-0.1, -0.05) is 6.07 Å². The van der Waals surface area contributed by atoms with Crippen molar-refractivity contribution < 1.29 is 11.0 Å². The minimum absolute atomic E-state index is 0. The Morgan fingerprint density at radius 2 is 2.12 bits per heavy atom. The maximum absolute atomic E-state index is 11.6. The lowest BCUT2D eigenvalue weighted by atomic mass is 10.2. The number of anilines is 3. The Bertz CT molecular complexity index is 921. The molecule has 8 nitrogen and oxygen atoms in total. The summed E-state index contributed by atoms with van der Waals surface area (Å²) in [6.45, 7) is 1.48. The zero-order valence-corrected chi connectivity index (χ0v) is 14.4. The lowest BCUT2D eigenvalue weighted by molar-refractivity contribution is 0.0963. The van der Waals surface area contributed by atoms with Crippen molar-refractivity contribution in [2.75, 3.05) is 30.9 Å². The van der Waals surface area contributed by atoms with Gasteiger partial charge in [0.2, 0.25) is 5.95 Å². The van der Waals surface area contributed by atoms with Crippen LogP contribution in [-0.2, 0) is 4.74 Å². The maximum atomic E-state index is 11.6. The van der Waals surface area contributed by atoms with E-state index in [1.54, 1.807) is 23.7 Å². The van der Waals surface area contributed by atoms with Crippen LogP contribution >= 0.6 is 0 Å². The number of ether oxygens (including phenoxy) is 1. The fraction of sp³-hybridized carbons (Fsp3) is 0.278. The number of nitrogens with zero attached hydrogens (tertiary/aromatic N) is 3. The second-order valence-electron chi connectivity index (χ2n) is 6.10. The molecular weight excluding hydrogens is 332 g/mol. The number of rotatable bonds is 5. The van der Waals surface area contributed by atoms with Crippen LogP contribution in [0.3, 0.4) is 0 Å². The van der Waals surface area contributed by atoms with E-state index in [0.717, 1.165) is 30.2 Å². The molecule has 1 fully saturated rings. The standard InChI is InChI=1S/C18H20N6O2.H2/c1-19-17(25)12-5-7-13(8-6-12)21-18-22-16-4-2-3-15(24(16)23-18)20-14-9-10-26-11-14;/h2-8,14,20H,9-11H2,1H3,(H,19,25)(H,21,23);1H. The number of carbonyl (C=O) groups excluding carboxylic acids is 1. The van der Waals surface area contributed by atoms with Crippen LogP contribution in [0.4, 0.5) is 17.5 Å². The topological polar surface area (TPSA) is 92.6 Å². The van der Waals surface area contributed by atoms with Gasteiger partial charge in [-0.2, -0.15) is 9.50 Å². The largest absolute Gasteiger partial charge is 0.379 e. The van der Waals surface area contributed by atoms with Crippen molar-refractivity contribution in [3.05, 3.63) is 48.0 Å². The van der Waals surface area contributed by atoms with Gasteiger partial charge in [-0.25, -0.2) is 0 Å². The minimum atomic E-state index is -0.117. The van der Waals surface area contributed by atoms with E-state index >= 15 is 0 Å². The number of nitrogens with one attached hydrogen (secondary N) is 3. The molecule has 1 aliphatic heterocycles. The summed E-state index contributed by atoms with van der Waals surface area (Å²) in [7, 11) is 1.61. The highest BCUT2D eigenvalue weighted by Crippen LogP contribution is 2.19. The molecule has 3 heterocycles. The SMILES string of the molecule is CNC(=O)c1ccc(Nc2nc3cccc(NC4CCOC4)n3n2)cc1.[HH]. The number of carbonyl (C=O) groups is 1. The zero-order valence-electron chi connectivity index (χ0n) is 14.4.